The monoisotopic (exact) mass is 404 g/mol. The Hall–Kier alpha value is -3.15. The van der Waals surface area contributed by atoms with Crippen molar-refractivity contribution in [2.24, 2.45) is 5.10 Å². The normalized spacial score (nSPS) is 15.0. The molecule has 6 heteroatoms. The number of nitrogens with zero attached hydrogens (tertiary/aromatic N) is 3. The third-order valence-electron chi connectivity index (χ3n) is 5.81. The van der Waals surface area contributed by atoms with Crippen molar-refractivity contribution < 1.29 is 9.53 Å². The number of hydrazone groups is 1. The Balaban J connectivity index is 1.36. The molecule has 30 heavy (non-hydrogen) atoms. The van der Waals surface area contributed by atoms with Gasteiger partial charge in [0.25, 0.3) is 5.91 Å². The molecule has 2 aromatic heterocycles. The third kappa shape index (κ3) is 4.37. The van der Waals surface area contributed by atoms with Crippen molar-refractivity contribution in [1.82, 2.24) is 15.0 Å². The Morgan fingerprint density at radius 3 is 2.87 bits per heavy atom. The molecule has 1 saturated carbocycles. The summed E-state index contributed by atoms with van der Waals surface area (Å²) in [6.07, 6.45) is 9.85. The van der Waals surface area contributed by atoms with Crippen LogP contribution in [0.2, 0.25) is 0 Å². The first-order valence-electron chi connectivity index (χ1n) is 10.6. The molecule has 1 aromatic carbocycles. The Morgan fingerprint density at radius 1 is 1.23 bits per heavy atom. The van der Waals surface area contributed by atoms with Crippen molar-refractivity contribution >= 4 is 23.0 Å². The van der Waals surface area contributed by atoms with Gasteiger partial charge in [-0.1, -0.05) is 37.5 Å². The van der Waals surface area contributed by atoms with E-state index < -0.39 is 0 Å². The molecule has 2 heterocycles. The van der Waals surface area contributed by atoms with E-state index >= 15 is 0 Å². The van der Waals surface area contributed by atoms with Crippen molar-refractivity contribution in [3.05, 3.63) is 59.5 Å². The fourth-order valence-electron chi connectivity index (χ4n) is 4.38. The van der Waals surface area contributed by atoms with Crippen LogP contribution < -0.4 is 10.2 Å². The van der Waals surface area contributed by atoms with Gasteiger partial charge >= 0.3 is 0 Å². The van der Waals surface area contributed by atoms with Gasteiger partial charge < -0.3 is 9.30 Å². The van der Waals surface area contributed by atoms with Gasteiger partial charge in [0.15, 0.2) is 6.61 Å². The van der Waals surface area contributed by atoms with Crippen LogP contribution in [0, 0.1) is 13.8 Å². The van der Waals surface area contributed by atoms with Crippen LogP contribution in [-0.2, 0) is 4.79 Å². The fourth-order valence-corrected chi connectivity index (χ4v) is 4.38. The van der Waals surface area contributed by atoms with Crippen LogP contribution in [0.5, 0.6) is 5.75 Å². The van der Waals surface area contributed by atoms with Crippen LogP contribution in [0.25, 0.3) is 10.9 Å². The average molecular weight is 405 g/mol. The summed E-state index contributed by atoms with van der Waals surface area (Å²) >= 11 is 0. The van der Waals surface area contributed by atoms with Crippen molar-refractivity contribution in [3.8, 4) is 5.75 Å². The first-order chi connectivity index (χ1) is 14.6. The van der Waals surface area contributed by atoms with E-state index in [1.54, 1.807) is 12.4 Å². The van der Waals surface area contributed by atoms with Crippen molar-refractivity contribution in [1.29, 1.82) is 0 Å². The SMILES string of the molecule is Cc1cc(/C=N\NC(=O)COc2cccc3cccnc23)c(C)n1C1CCCCC1. The van der Waals surface area contributed by atoms with Crippen LogP contribution >= 0.6 is 0 Å². The maximum absolute atomic E-state index is 12.2. The highest BCUT2D eigenvalue weighted by atomic mass is 16.5. The van der Waals surface area contributed by atoms with Crippen molar-refractivity contribution in [2.45, 2.75) is 52.0 Å². The van der Waals surface area contributed by atoms with Crippen LogP contribution in [-0.4, -0.2) is 28.3 Å². The molecule has 0 unspecified atom stereocenters. The second kappa shape index (κ2) is 9.11. The number of amides is 1. The zero-order valence-electron chi connectivity index (χ0n) is 17.6. The van der Waals surface area contributed by atoms with Gasteiger partial charge in [0.2, 0.25) is 0 Å². The lowest BCUT2D eigenvalue weighted by Gasteiger charge is -2.26. The van der Waals surface area contributed by atoms with E-state index in [4.69, 9.17) is 4.74 Å². The minimum atomic E-state index is -0.305. The number of carbonyl (C=O) groups is 1. The first-order valence-corrected chi connectivity index (χ1v) is 10.6. The molecule has 156 valence electrons. The zero-order valence-corrected chi connectivity index (χ0v) is 17.6. The molecule has 6 nitrogen and oxygen atoms in total. The van der Waals surface area contributed by atoms with Gasteiger partial charge in [0.05, 0.1) is 6.21 Å². The lowest BCUT2D eigenvalue weighted by atomic mass is 9.95. The molecule has 0 atom stereocenters. The minimum absolute atomic E-state index is 0.117. The van der Waals surface area contributed by atoms with E-state index in [1.807, 2.05) is 30.3 Å². The van der Waals surface area contributed by atoms with Gasteiger partial charge in [-0.3, -0.25) is 9.78 Å². The quantitative estimate of drug-likeness (QED) is 0.479. The van der Waals surface area contributed by atoms with Crippen LogP contribution in [0.1, 0.15) is 55.1 Å². The number of aromatic nitrogens is 2. The molecule has 1 aliphatic rings. The lowest BCUT2D eigenvalue weighted by Crippen LogP contribution is -2.24. The number of pyridine rings is 1. The second-order valence-corrected chi connectivity index (χ2v) is 7.90. The summed E-state index contributed by atoms with van der Waals surface area (Å²) in [5.74, 6) is 0.281. The van der Waals surface area contributed by atoms with Gasteiger partial charge in [-0.2, -0.15) is 5.10 Å². The summed E-state index contributed by atoms with van der Waals surface area (Å²) in [4.78, 5) is 16.5. The van der Waals surface area contributed by atoms with Gasteiger partial charge in [0, 0.05) is 34.6 Å². The van der Waals surface area contributed by atoms with E-state index in [0.29, 0.717) is 11.8 Å². The summed E-state index contributed by atoms with van der Waals surface area (Å²) in [5.41, 5.74) is 6.80. The lowest BCUT2D eigenvalue weighted by molar-refractivity contribution is -0.123. The Kier molecular flexibility index (Phi) is 6.12. The Morgan fingerprint density at radius 2 is 2.03 bits per heavy atom. The molecule has 0 bridgehead atoms. The number of hydrogen-bond donors (Lipinski definition) is 1. The smallest absolute Gasteiger partial charge is 0.277 e. The maximum atomic E-state index is 12.2. The summed E-state index contributed by atoms with van der Waals surface area (Å²) < 4.78 is 8.09. The summed E-state index contributed by atoms with van der Waals surface area (Å²) in [7, 11) is 0. The predicted molar refractivity (Wildman–Crippen MR) is 119 cm³/mol. The number of fused-ring (bicyclic) bond motifs is 1. The minimum Gasteiger partial charge on any atom is -0.481 e. The van der Waals surface area contributed by atoms with E-state index in [9.17, 15) is 4.79 Å². The third-order valence-corrected chi connectivity index (χ3v) is 5.81. The molecule has 1 N–H and O–H groups in total. The van der Waals surface area contributed by atoms with E-state index in [2.05, 4.69) is 40.0 Å². The number of nitrogens with one attached hydrogen (secondary N) is 1. The maximum Gasteiger partial charge on any atom is 0.277 e. The highest BCUT2D eigenvalue weighted by Gasteiger charge is 2.19. The summed E-state index contributed by atoms with van der Waals surface area (Å²) in [6.45, 7) is 4.15. The summed E-state index contributed by atoms with van der Waals surface area (Å²) in [5, 5.41) is 5.12. The van der Waals surface area contributed by atoms with Gasteiger partial charge in [-0.25, -0.2) is 5.43 Å². The molecule has 1 fully saturated rings. The van der Waals surface area contributed by atoms with Gasteiger partial charge in [0.1, 0.15) is 11.3 Å². The van der Waals surface area contributed by atoms with Crippen LogP contribution in [0.15, 0.2) is 47.7 Å². The van der Waals surface area contributed by atoms with Crippen LogP contribution in [0.4, 0.5) is 0 Å². The van der Waals surface area contributed by atoms with E-state index in [0.717, 1.165) is 16.5 Å². The fraction of sp³-hybridized carbons (Fsp3) is 0.375. The van der Waals surface area contributed by atoms with E-state index in [-0.39, 0.29) is 12.5 Å². The molecule has 4 rings (SSSR count). The molecular weight excluding hydrogens is 376 g/mol. The van der Waals surface area contributed by atoms with Crippen LogP contribution in [0.3, 0.4) is 0 Å². The molecule has 1 amide bonds. The predicted octanol–water partition coefficient (Wildman–Crippen LogP) is 4.69. The molecule has 3 aromatic rings. The Bertz CT molecular complexity index is 1060. The molecule has 0 saturated heterocycles. The topological polar surface area (TPSA) is 68.5 Å². The Labute approximate surface area is 177 Å². The number of hydrogen-bond acceptors (Lipinski definition) is 4. The number of carbonyl (C=O) groups excluding carboxylic acids is 1. The first kappa shape index (κ1) is 20.1. The largest absolute Gasteiger partial charge is 0.481 e. The highest BCUT2D eigenvalue weighted by molar-refractivity contribution is 5.86. The molecular formula is C24H28N4O2. The summed E-state index contributed by atoms with van der Waals surface area (Å²) in [6, 6.07) is 12.2. The average Bonchev–Trinajstić information content (AvgIpc) is 3.06. The van der Waals surface area contributed by atoms with E-state index in [1.165, 1.54) is 43.5 Å². The van der Waals surface area contributed by atoms with Gasteiger partial charge in [-0.05, 0) is 44.9 Å². The second-order valence-electron chi connectivity index (χ2n) is 7.90. The number of benzene rings is 1. The highest BCUT2D eigenvalue weighted by Crippen LogP contribution is 2.31. The zero-order chi connectivity index (χ0) is 20.9. The number of aryl methyl sites for hydroxylation is 1. The number of ether oxygens (including phenoxy) is 1. The number of para-hydroxylation sites is 1. The molecule has 0 radical (unpaired) electrons. The van der Waals surface area contributed by atoms with Crippen molar-refractivity contribution in [3.63, 3.8) is 0 Å². The standard InChI is InChI=1S/C24H28N4O2/c1-17-14-20(18(2)28(17)21-10-4-3-5-11-21)15-26-27-23(29)16-30-22-12-6-8-19-9-7-13-25-24(19)22/h6-9,12-15,21H,3-5,10-11,16H2,1-2H3,(H,27,29)/b26-15-. The molecule has 1 aliphatic carbocycles. The molecule has 0 spiro atoms. The molecule has 0 aliphatic heterocycles. The number of rotatable bonds is 6. The van der Waals surface area contributed by atoms with Gasteiger partial charge in [-0.15, -0.1) is 0 Å². The van der Waals surface area contributed by atoms with Crippen molar-refractivity contribution in [2.75, 3.05) is 6.61 Å².